The predicted octanol–water partition coefficient (Wildman–Crippen LogP) is 10.2. The summed E-state index contributed by atoms with van der Waals surface area (Å²) in [6.07, 6.45) is 50.1. The van der Waals surface area contributed by atoms with E-state index in [-0.39, 0.29) is 49.1 Å². The van der Waals surface area contributed by atoms with Gasteiger partial charge in [-0.2, -0.15) is 0 Å². The molecule has 0 radical (unpaired) electrons. The Kier molecular flexibility index (Phi) is 35.6. The van der Waals surface area contributed by atoms with Gasteiger partial charge in [0.1, 0.15) is 12.6 Å². The van der Waals surface area contributed by atoms with Gasteiger partial charge in [-0.15, -0.1) is 0 Å². The quantitative estimate of drug-likeness (QED) is 0.0205. The van der Waals surface area contributed by atoms with Gasteiger partial charge < -0.3 is 28.6 Å². The first kappa shape index (κ1) is 52.2. The molecule has 0 aliphatic carbocycles. The van der Waals surface area contributed by atoms with Gasteiger partial charge in [0.05, 0.1) is 40.3 Å². The van der Waals surface area contributed by atoms with E-state index in [1.807, 2.05) is 30.4 Å². The third-order valence-electron chi connectivity index (χ3n) is 8.80. The Bertz CT molecular complexity index is 1230. The molecule has 0 aromatic carbocycles. The number of quaternary nitrogens is 1. The summed E-state index contributed by atoms with van der Waals surface area (Å²) in [6.45, 7) is 4.38. The standard InChI is InChI=1S/C48H77NO7/c1-6-8-10-12-14-16-18-20-22-23-25-27-29-31-33-35-37-39-47(51)56-44(42-54-41-40-45(48(52)53)49(3,4)5)43-55-46(50)38-36-34-32-30-28-26-24-21-19-17-15-13-11-9-7-2/h9,11,13-17,19-22,24-25,27,31,33,44-45H,6-8,10,12,18,23,26,28-30,32,34-43H2,1-5H3/b11-9+,15-13+,16-14+,19-17+,22-20+,24-21+,27-25+,33-31+. The molecule has 0 saturated heterocycles. The summed E-state index contributed by atoms with van der Waals surface area (Å²) >= 11 is 0. The number of carboxylic acid groups (broad SMARTS) is 1. The highest BCUT2D eigenvalue weighted by Gasteiger charge is 2.25. The molecular formula is C48H77NO7. The van der Waals surface area contributed by atoms with Crippen LogP contribution in [0.5, 0.6) is 0 Å². The van der Waals surface area contributed by atoms with Crippen LogP contribution in [0.1, 0.15) is 136 Å². The average Bonchev–Trinajstić information content (AvgIpc) is 3.15. The SMILES string of the molecule is CC/C=C/C=C/C=C/C=C/CCCCCCCC(=O)OCC(COCCC(C(=O)[O-])[N+](C)(C)C)OC(=O)CCC/C=C/C/C=C/C/C=C/C/C=C/CCCCC. The molecule has 0 bridgehead atoms. The van der Waals surface area contributed by atoms with Crippen molar-refractivity contribution in [2.75, 3.05) is 41.0 Å². The molecule has 0 aliphatic heterocycles. The number of esters is 2. The number of nitrogens with zero attached hydrogens (tertiary/aromatic N) is 1. The van der Waals surface area contributed by atoms with E-state index < -0.39 is 18.1 Å². The fraction of sp³-hybridized carbons (Fsp3) is 0.604. The zero-order valence-electron chi connectivity index (χ0n) is 35.8. The summed E-state index contributed by atoms with van der Waals surface area (Å²) in [6, 6.07) is -0.745. The maximum absolute atomic E-state index is 12.7. The number of rotatable bonds is 36. The molecule has 0 rings (SSSR count). The minimum atomic E-state index is -1.14. The molecule has 0 aliphatic rings. The van der Waals surface area contributed by atoms with Crippen molar-refractivity contribution >= 4 is 17.9 Å². The average molecular weight is 780 g/mol. The van der Waals surface area contributed by atoms with Crippen LogP contribution in [0.2, 0.25) is 0 Å². The topological polar surface area (TPSA) is 102 Å². The van der Waals surface area contributed by atoms with Gasteiger partial charge in [-0.25, -0.2) is 0 Å². The molecule has 0 fully saturated rings. The molecule has 0 saturated carbocycles. The summed E-state index contributed by atoms with van der Waals surface area (Å²) < 4.78 is 17.1. The maximum atomic E-state index is 12.7. The van der Waals surface area contributed by atoms with Crippen LogP contribution in [0.25, 0.3) is 0 Å². The monoisotopic (exact) mass is 780 g/mol. The fourth-order valence-electron chi connectivity index (χ4n) is 5.48. The summed E-state index contributed by atoms with van der Waals surface area (Å²) in [4.78, 5) is 36.8. The number of hydrogen-bond donors (Lipinski definition) is 0. The molecule has 0 aromatic heterocycles. The highest BCUT2D eigenvalue weighted by atomic mass is 16.6. The molecule has 2 atom stereocenters. The Morgan fingerprint density at radius 1 is 0.571 bits per heavy atom. The van der Waals surface area contributed by atoms with Crippen molar-refractivity contribution in [3.63, 3.8) is 0 Å². The van der Waals surface area contributed by atoms with Crippen LogP contribution in [0, 0.1) is 0 Å². The number of carbonyl (C=O) groups excluding carboxylic acids is 3. The summed E-state index contributed by atoms with van der Waals surface area (Å²) in [7, 11) is 5.36. The van der Waals surface area contributed by atoms with Crippen LogP contribution < -0.4 is 5.11 Å². The Morgan fingerprint density at radius 3 is 1.70 bits per heavy atom. The second-order valence-corrected chi connectivity index (χ2v) is 14.9. The summed E-state index contributed by atoms with van der Waals surface area (Å²) in [5.41, 5.74) is 0. The predicted molar refractivity (Wildman–Crippen MR) is 231 cm³/mol. The van der Waals surface area contributed by atoms with E-state index in [0.29, 0.717) is 12.8 Å². The van der Waals surface area contributed by atoms with E-state index in [2.05, 4.69) is 80.7 Å². The van der Waals surface area contributed by atoms with Crippen molar-refractivity contribution in [3.05, 3.63) is 97.2 Å². The zero-order chi connectivity index (χ0) is 41.4. The number of allylic oxidation sites excluding steroid dienone is 16. The summed E-state index contributed by atoms with van der Waals surface area (Å²) in [5.74, 6) is -1.86. The molecule has 56 heavy (non-hydrogen) atoms. The highest BCUT2D eigenvalue weighted by molar-refractivity contribution is 5.70. The second kappa shape index (κ2) is 38.1. The molecular weight excluding hydrogens is 703 g/mol. The van der Waals surface area contributed by atoms with Crippen molar-refractivity contribution in [1.82, 2.24) is 0 Å². The van der Waals surface area contributed by atoms with Crippen molar-refractivity contribution in [3.8, 4) is 0 Å². The molecule has 0 heterocycles. The van der Waals surface area contributed by atoms with E-state index in [4.69, 9.17) is 14.2 Å². The van der Waals surface area contributed by atoms with Crippen molar-refractivity contribution < 1.29 is 38.2 Å². The largest absolute Gasteiger partial charge is 0.544 e. The number of aliphatic carboxylic acids is 1. The first-order valence-electron chi connectivity index (χ1n) is 21.3. The molecule has 316 valence electrons. The van der Waals surface area contributed by atoms with Crippen LogP contribution in [0.4, 0.5) is 0 Å². The minimum Gasteiger partial charge on any atom is -0.544 e. The number of carboxylic acids is 1. The second-order valence-electron chi connectivity index (χ2n) is 14.9. The van der Waals surface area contributed by atoms with Crippen LogP contribution in [-0.2, 0) is 28.6 Å². The van der Waals surface area contributed by atoms with Gasteiger partial charge in [-0.3, -0.25) is 9.59 Å². The Morgan fingerprint density at radius 2 is 1.09 bits per heavy atom. The van der Waals surface area contributed by atoms with Gasteiger partial charge in [-0.05, 0) is 70.6 Å². The zero-order valence-corrected chi connectivity index (χ0v) is 35.8. The van der Waals surface area contributed by atoms with E-state index in [9.17, 15) is 19.5 Å². The van der Waals surface area contributed by atoms with Crippen LogP contribution >= 0.6 is 0 Å². The van der Waals surface area contributed by atoms with Gasteiger partial charge in [0, 0.05) is 19.3 Å². The lowest BCUT2D eigenvalue weighted by Gasteiger charge is -2.34. The lowest BCUT2D eigenvalue weighted by molar-refractivity contribution is -0.889. The molecule has 0 N–H and O–H groups in total. The number of unbranched alkanes of at least 4 members (excludes halogenated alkanes) is 9. The lowest BCUT2D eigenvalue weighted by atomic mass is 10.1. The third kappa shape index (κ3) is 35.9. The maximum Gasteiger partial charge on any atom is 0.306 e. The Labute approximate surface area is 341 Å². The third-order valence-corrected chi connectivity index (χ3v) is 8.80. The molecule has 0 amide bonds. The van der Waals surface area contributed by atoms with Gasteiger partial charge >= 0.3 is 11.9 Å². The van der Waals surface area contributed by atoms with E-state index in [1.165, 1.54) is 25.7 Å². The van der Waals surface area contributed by atoms with Crippen molar-refractivity contribution in [2.24, 2.45) is 0 Å². The smallest absolute Gasteiger partial charge is 0.306 e. The molecule has 8 heteroatoms. The number of likely N-dealkylation sites (N-methyl/N-ethyl adjacent to an activating group) is 1. The fourth-order valence-corrected chi connectivity index (χ4v) is 5.48. The highest BCUT2D eigenvalue weighted by Crippen LogP contribution is 2.11. The molecule has 8 nitrogen and oxygen atoms in total. The van der Waals surface area contributed by atoms with Gasteiger partial charge in [0.2, 0.25) is 0 Å². The van der Waals surface area contributed by atoms with Crippen LogP contribution in [-0.4, -0.2) is 75.5 Å². The van der Waals surface area contributed by atoms with E-state index in [0.717, 1.165) is 70.6 Å². The van der Waals surface area contributed by atoms with E-state index >= 15 is 0 Å². The lowest BCUT2D eigenvalue weighted by Crippen LogP contribution is -2.55. The van der Waals surface area contributed by atoms with Crippen LogP contribution in [0.15, 0.2) is 97.2 Å². The van der Waals surface area contributed by atoms with Crippen molar-refractivity contribution in [1.29, 1.82) is 0 Å². The van der Waals surface area contributed by atoms with Gasteiger partial charge in [0.25, 0.3) is 0 Å². The number of hydrogen-bond acceptors (Lipinski definition) is 7. The van der Waals surface area contributed by atoms with Crippen LogP contribution in [0.3, 0.4) is 0 Å². The number of ether oxygens (including phenoxy) is 3. The molecule has 0 spiro atoms. The van der Waals surface area contributed by atoms with E-state index in [1.54, 1.807) is 21.1 Å². The Hall–Kier alpha value is -3.75. The summed E-state index contributed by atoms with van der Waals surface area (Å²) in [5, 5.41) is 11.6. The first-order chi connectivity index (χ1) is 27.1. The number of carbonyl (C=O) groups is 3. The first-order valence-corrected chi connectivity index (χ1v) is 21.3. The molecule has 0 aromatic rings. The minimum absolute atomic E-state index is 0.00431. The normalized spacial score (nSPS) is 13.9. The van der Waals surface area contributed by atoms with Gasteiger partial charge in [0.15, 0.2) is 6.10 Å². The van der Waals surface area contributed by atoms with Gasteiger partial charge in [-0.1, -0.05) is 143 Å². The Balaban J connectivity index is 4.53. The molecule has 2 unspecified atom stereocenters. The van der Waals surface area contributed by atoms with Crippen molar-refractivity contribution in [2.45, 2.75) is 148 Å².